The molecule has 2 heterocycles. The molecule has 6 nitrogen and oxygen atoms in total. The molecule has 0 bridgehead atoms. The van der Waals surface area contributed by atoms with Crippen LogP contribution in [0.15, 0.2) is 30.3 Å². The predicted octanol–water partition coefficient (Wildman–Crippen LogP) is 2.64. The summed E-state index contributed by atoms with van der Waals surface area (Å²) in [4.78, 5) is 22.5. The molecule has 1 fully saturated rings. The van der Waals surface area contributed by atoms with Gasteiger partial charge in [-0.05, 0) is 37.1 Å². The molecule has 2 N–H and O–H groups in total. The average Bonchev–Trinajstić information content (AvgIpc) is 3.04. The third-order valence-corrected chi connectivity index (χ3v) is 4.15. The monoisotopic (exact) mass is 343 g/mol. The van der Waals surface area contributed by atoms with E-state index in [2.05, 4.69) is 25.5 Å². The lowest BCUT2D eigenvalue weighted by Gasteiger charge is -2.19. The molecule has 1 atom stereocenters. The first-order valence-electron chi connectivity index (χ1n) is 8.46. The van der Waals surface area contributed by atoms with Crippen molar-refractivity contribution in [2.75, 3.05) is 23.3 Å². The van der Waals surface area contributed by atoms with Crippen LogP contribution in [0, 0.1) is 5.82 Å². The van der Waals surface area contributed by atoms with Crippen LogP contribution in [-0.2, 0) is 11.2 Å². The van der Waals surface area contributed by atoms with Gasteiger partial charge in [-0.2, -0.15) is 4.98 Å². The molecule has 1 saturated heterocycles. The summed E-state index contributed by atoms with van der Waals surface area (Å²) in [6.45, 7) is 5.14. The summed E-state index contributed by atoms with van der Waals surface area (Å²) in [5.41, 5.74) is 1.66. The zero-order valence-corrected chi connectivity index (χ0v) is 14.4. The van der Waals surface area contributed by atoms with Gasteiger partial charge in [-0.25, -0.2) is 9.37 Å². The van der Waals surface area contributed by atoms with Gasteiger partial charge in [0.25, 0.3) is 0 Å². The zero-order chi connectivity index (χ0) is 17.8. The van der Waals surface area contributed by atoms with Crippen molar-refractivity contribution in [3.8, 4) is 0 Å². The largest absolute Gasteiger partial charge is 0.354 e. The maximum Gasteiger partial charge on any atom is 0.229 e. The number of amides is 1. The molecular weight excluding hydrogens is 321 g/mol. The highest BCUT2D eigenvalue weighted by atomic mass is 19.1. The molecule has 25 heavy (non-hydrogen) atoms. The molecule has 1 aromatic carbocycles. The summed E-state index contributed by atoms with van der Waals surface area (Å²) in [5, 5.41) is 6.08. The number of nitrogens with one attached hydrogen (secondary N) is 2. The Bertz CT molecular complexity index is 750. The van der Waals surface area contributed by atoms with Gasteiger partial charge in [-0.1, -0.05) is 6.92 Å². The molecule has 1 unspecified atom stereocenters. The minimum atomic E-state index is -0.282. The smallest absolute Gasteiger partial charge is 0.229 e. The Morgan fingerprint density at radius 2 is 2.08 bits per heavy atom. The van der Waals surface area contributed by atoms with E-state index in [0.717, 1.165) is 43.1 Å². The molecular formula is C18H22FN5O. The Morgan fingerprint density at radius 3 is 2.76 bits per heavy atom. The molecule has 132 valence electrons. The molecule has 0 radical (unpaired) electrons. The van der Waals surface area contributed by atoms with E-state index in [9.17, 15) is 9.18 Å². The Hall–Kier alpha value is -2.70. The number of hydrogen-bond donors (Lipinski definition) is 2. The van der Waals surface area contributed by atoms with Crippen LogP contribution in [0.5, 0.6) is 0 Å². The number of aromatic nitrogens is 2. The molecule has 7 heteroatoms. The van der Waals surface area contributed by atoms with Crippen LogP contribution in [0.4, 0.5) is 21.8 Å². The SMILES string of the molecule is CCc1cc(N2CCC(NC(C)=O)C2)nc(Nc2ccc(F)cc2)n1. The minimum absolute atomic E-state index is 0.0116. The van der Waals surface area contributed by atoms with Crippen molar-refractivity contribution >= 4 is 23.4 Å². The Balaban J connectivity index is 1.78. The fraction of sp³-hybridized carbons (Fsp3) is 0.389. The second-order valence-electron chi connectivity index (χ2n) is 6.16. The molecule has 0 spiro atoms. The Morgan fingerprint density at radius 1 is 1.32 bits per heavy atom. The maximum atomic E-state index is 13.0. The lowest BCUT2D eigenvalue weighted by atomic mass is 10.2. The fourth-order valence-electron chi connectivity index (χ4n) is 2.92. The molecule has 0 saturated carbocycles. The van der Waals surface area contributed by atoms with Gasteiger partial charge in [0, 0.05) is 43.5 Å². The summed E-state index contributed by atoms with van der Waals surface area (Å²) in [6.07, 6.45) is 1.68. The highest BCUT2D eigenvalue weighted by Gasteiger charge is 2.24. The first kappa shape index (κ1) is 17.1. The van der Waals surface area contributed by atoms with E-state index < -0.39 is 0 Å². The van der Waals surface area contributed by atoms with Gasteiger partial charge in [0.05, 0.1) is 0 Å². The second-order valence-corrected chi connectivity index (χ2v) is 6.16. The van der Waals surface area contributed by atoms with Gasteiger partial charge in [-0.15, -0.1) is 0 Å². The van der Waals surface area contributed by atoms with Crippen LogP contribution in [0.2, 0.25) is 0 Å². The highest BCUT2D eigenvalue weighted by Crippen LogP contribution is 2.22. The normalized spacial score (nSPS) is 16.8. The Labute approximate surface area is 146 Å². The fourth-order valence-corrected chi connectivity index (χ4v) is 2.92. The van der Waals surface area contributed by atoms with Gasteiger partial charge in [-0.3, -0.25) is 4.79 Å². The van der Waals surface area contributed by atoms with E-state index in [0.29, 0.717) is 5.95 Å². The number of hydrogen-bond acceptors (Lipinski definition) is 5. The summed E-state index contributed by atoms with van der Waals surface area (Å²) < 4.78 is 13.0. The first-order valence-corrected chi connectivity index (χ1v) is 8.46. The van der Waals surface area contributed by atoms with Gasteiger partial charge >= 0.3 is 0 Å². The summed E-state index contributed by atoms with van der Waals surface area (Å²) in [7, 11) is 0. The lowest BCUT2D eigenvalue weighted by Crippen LogP contribution is -2.35. The van der Waals surface area contributed by atoms with Crippen LogP contribution in [-0.4, -0.2) is 35.0 Å². The summed E-state index contributed by atoms with van der Waals surface area (Å²) >= 11 is 0. The van der Waals surface area contributed by atoms with Gasteiger partial charge in [0.15, 0.2) is 0 Å². The van der Waals surface area contributed by atoms with E-state index >= 15 is 0 Å². The number of benzene rings is 1. The van der Waals surface area contributed by atoms with Crippen molar-refractivity contribution in [3.05, 3.63) is 41.8 Å². The lowest BCUT2D eigenvalue weighted by molar-refractivity contribution is -0.119. The average molecular weight is 343 g/mol. The Kier molecular flexibility index (Phi) is 5.11. The first-order chi connectivity index (χ1) is 12.0. The minimum Gasteiger partial charge on any atom is -0.354 e. The van der Waals surface area contributed by atoms with Crippen LogP contribution in [0.25, 0.3) is 0 Å². The van der Waals surface area contributed by atoms with E-state index in [1.54, 1.807) is 12.1 Å². The number of carbonyl (C=O) groups is 1. The molecule has 1 aliphatic heterocycles. The molecule has 0 aliphatic carbocycles. The van der Waals surface area contributed by atoms with Crippen molar-refractivity contribution in [2.45, 2.75) is 32.7 Å². The number of anilines is 3. The highest BCUT2D eigenvalue weighted by molar-refractivity contribution is 5.73. The number of aryl methyl sites for hydroxylation is 1. The quantitative estimate of drug-likeness (QED) is 0.873. The van der Waals surface area contributed by atoms with Crippen molar-refractivity contribution in [2.24, 2.45) is 0 Å². The molecule has 3 rings (SSSR count). The number of nitrogens with zero attached hydrogens (tertiary/aromatic N) is 3. The van der Waals surface area contributed by atoms with E-state index in [4.69, 9.17) is 0 Å². The van der Waals surface area contributed by atoms with Crippen LogP contribution >= 0.6 is 0 Å². The summed E-state index contributed by atoms with van der Waals surface area (Å²) in [5.74, 6) is 1.03. The second kappa shape index (κ2) is 7.46. The molecule has 2 aromatic rings. The van der Waals surface area contributed by atoms with E-state index in [1.807, 2.05) is 13.0 Å². The molecule has 1 amide bonds. The number of rotatable bonds is 5. The van der Waals surface area contributed by atoms with Gasteiger partial charge in [0.2, 0.25) is 11.9 Å². The maximum absolute atomic E-state index is 13.0. The molecule has 1 aliphatic rings. The van der Waals surface area contributed by atoms with Crippen molar-refractivity contribution < 1.29 is 9.18 Å². The van der Waals surface area contributed by atoms with Gasteiger partial charge in [0.1, 0.15) is 11.6 Å². The van der Waals surface area contributed by atoms with Crippen molar-refractivity contribution in [3.63, 3.8) is 0 Å². The van der Waals surface area contributed by atoms with Gasteiger partial charge < -0.3 is 15.5 Å². The van der Waals surface area contributed by atoms with E-state index in [1.165, 1.54) is 19.1 Å². The molecule has 1 aromatic heterocycles. The predicted molar refractivity (Wildman–Crippen MR) is 95.5 cm³/mol. The van der Waals surface area contributed by atoms with E-state index in [-0.39, 0.29) is 17.8 Å². The standard InChI is InChI=1S/C18H22FN5O/c1-3-14-10-17(24-9-8-16(11-24)20-12(2)25)23-18(21-14)22-15-6-4-13(19)5-7-15/h4-7,10,16H,3,8-9,11H2,1-2H3,(H,20,25)(H,21,22,23). The van der Waals surface area contributed by atoms with Crippen LogP contribution in [0.3, 0.4) is 0 Å². The third kappa shape index (κ3) is 4.43. The number of halogens is 1. The van der Waals surface area contributed by atoms with Crippen molar-refractivity contribution in [1.29, 1.82) is 0 Å². The van der Waals surface area contributed by atoms with Crippen LogP contribution < -0.4 is 15.5 Å². The summed E-state index contributed by atoms with van der Waals surface area (Å²) in [6, 6.07) is 8.22. The van der Waals surface area contributed by atoms with Crippen molar-refractivity contribution in [1.82, 2.24) is 15.3 Å². The van der Waals surface area contributed by atoms with Crippen LogP contribution in [0.1, 0.15) is 26.0 Å². The third-order valence-electron chi connectivity index (χ3n) is 4.15. The number of carbonyl (C=O) groups excluding carboxylic acids is 1. The zero-order valence-electron chi connectivity index (χ0n) is 14.4. The topological polar surface area (TPSA) is 70.2 Å².